The molecule has 27 heavy (non-hydrogen) atoms. The summed E-state index contributed by atoms with van der Waals surface area (Å²) >= 11 is 0. The van der Waals surface area contributed by atoms with Gasteiger partial charge in [-0.1, -0.05) is 17.8 Å². The number of esters is 1. The average molecular weight is 381 g/mol. The molecule has 0 aliphatic carbocycles. The molecule has 2 N–H and O–H groups in total. The first-order chi connectivity index (χ1) is 12.6. The molecule has 0 bridgehead atoms. The number of ether oxygens (including phenoxy) is 2. The number of carbonyl (C=O) groups is 3. The number of carbonyl (C=O) groups excluding carboxylic acids is 3. The summed E-state index contributed by atoms with van der Waals surface area (Å²) < 4.78 is 15.1. The third-order valence-electron chi connectivity index (χ3n) is 3.09. The summed E-state index contributed by atoms with van der Waals surface area (Å²) in [6.07, 6.45) is 0.700. The molecule has 0 unspecified atom stereocenters. The predicted molar refractivity (Wildman–Crippen MR) is 96.9 cm³/mol. The van der Waals surface area contributed by atoms with Crippen LogP contribution < -0.4 is 10.6 Å². The Labute approximate surface area is 158 Å². The van der Waals surface area contributed by atoms with E-state index in [2.05, 4.69) is 22.4 Å². The summed E-state index contributed by atoms with van der Waals surface area (Å²) in [4.78, 5) is 36.2. The van der Waals surface area contributed by atoms with Gasteiger partial charge in [-0.25, -0.2) is 4.79 Å². The lowest BCUT2D eigenvalue weighted by Gasteiger charge is -2.23. The van der Waals surface area contributed by atoms with E-state index in [-0.39, 0.29) is 19.6 Å². The van der Waals surface area contributed by atoms with Gasteiger partial charge < -0.3 is 24.6 Å². The van der Waals surface area contributed by atoms with Crippen LogP contribution in [0.25, 0.3) is 0 Å². The molecule has 0 aliphatic rings. The van der Waals surface area contributed by atoms with Crippen molar-refractivity contribution in [3.8, 4) is 0 Å². The molecule has 0 radical (unpaired) electrons. The number of alkyl carbamates (subject to hydrolysis) is 1. The van der Waals surface area contributed by atoms with Crippen LogP contribution in [0.3, 0.4) is 0 Å². The smallest absolute Gasteiger partial charge is 0.408 e. The maximum Gasteiger partial charge on any atom is 0.408 e. The second-order valence-electron chi connectivity index (χ2n) is 6.85. The first kappa shape index (κ1) is 22.2. The second-order valence-corrected chi connectivity index (χ2v) is 6.85. The number of amides is 2. The SMILES string of the molecule is C=CCOC(=O)C[C@H](NC(=O)OC(C)(C)C)C(=O)NCCc1cc(C)no1. The maximum atomic E-state index is 12.4. The summed E-state index contributed by atoms with van der Waals surface area (Å²) in [5.41, 5.74) is 0.00395. The van der Waals surface area contributed by atoms with Crippen LogP contribution in [-0.2, 0) is 25.5 Å². The average Bonchev–Trinajstić information content (AvgIpc) is 2.95. The number of hydrogen-bond donors (Lipinski definition) is 2. The van der Waals surface area contributed by atoms with Crippen molar-refractivity contribution < 1.29 is 28.4 Å². The molecule has 2 amide bonds. The van der Waals surface area contributed by atoms with Crippen LogP contribution in [0.2, 0.25) is 0 Å². The summed E-state index contributed by atoms with van der Waals surface area (Å²) in [6.45, 7) is 10.6. The fourth-order valence-electron chi connectivity index (χ4n) is 2.00. The molecule has 0 saturated heterocycles. The lowest BCUT2D eigenvalue weighted by Crippen LogP contribution is -2.49. The Kier molecular flexibility index (Phi) is 8.50. The summed E-state index contributed by atoms with van der Waals surface area (Å²) in [7, 11) is 0. The van der Waals surface area contributed by atoms with Gasteiger partial charge in [0.2, 0.25) is 5.91 Å². The number of aromatic nitrogens is 1. The highest BCUT2D eigenvalue weighted by atomic mass is 16.6. The van der Waals surface area contributed by atoms with E-state index in [1.54, 1.807) is 33.8 Å². The molecule has 1 aromatic rings. The van der Waals surface area contributed by atoms with Gasteiger partial charge in [-0.3, -0.25) is 9.59 Å². The molecule has 150 valence electrons. The van der Waals surface area contributed by atoms with Crippen molar-refractivity contribution >= 4 is 18.0 Å². The van der Waals surface area contributed by atoms with Gasteiger partial charge in [0.05, 0.1) is 12.1 Å². The summed E-state index contributed by atoms with van der Waals surface area (Å²) in [5, 5.41) is 8.80. The van der Waals surface area contributed by atoms with Crippen LogP contribution in [0.4, 0.5) is 4.79 Å². The number of rotatable bonds is 9. The lowest BCUT2D eigenvalue weighted by atomic mass is 10.2. The van der Waals surface area contributed by atoms with Crippen molar-refractivity contribution in [1.82, 2.24) is 15.8 Å². The van der Waals surface area contributed by atoms with Gasteiger partial charge in [-0.05, 0) is 27.7 Å². The van der Waals surface area contributed by atoms with Crippen molar-refractivity contribution in [2.75, 3.05) is 13.2 Å². The first-order valence-electron chi connectivity index (χ1n) is 8.56. The zero-order chi connectivity index (χ0) is 20.4. The molecule has 1 rings (SSSR count). The zero-order valence-electron chi connectivity index (χ0n) is 16.2. The van der Waals surface area contributed by atoms with Crippen molar-refractivity contribution in [2.24, 2.45) is 0 Å². The van der Waals surface area contributed by atoms with Crippen LogP contribution in [0.1, 0.15) is 38.6 Å². The minimum absolute atomic E-state index is 0.0183. The van der Waals surface area contributed by atoms with Gasteiger partial charge >= 0.3 is 12.1 Å². The van der Waals surface area contributed by atoms with Crippen molar-refractivity contribution in [1.29, 1.82) is 0 Å². The molecule has 1 atom stereocenters. The Hall–Kier alpha value is -2.84. The van der Waals surface area contributed by atoms with Crippen LogP contribution in [0, 0.1) is 6.92 Å². The first-order valence-corrected chi connectivity index (χ1v) is 8.56. The van der Waals surface area contributed by atoms with Gasteiger partial charge in [0.25, 0.3) is 0 Å². The lowest BCUT2D eigenvalue weighted by molar-refractivity contribution is -0.144. The van der Waals surface area contributed by atoms with Crippen molar-refractivity contribution in [3.63, 3.8) is 0 Å². The third kappa shape index (κ3) is 9.43. The fraction of sp³-hybridized carbons (Fsp3) is 0.556. The van der Waals surface area contributed by atoms with E-state index < -0.39 is 29.6 Å². The van der Waals surface area contributed by atoms with Crippen molar-refractivity contribution in [2.45, 2.75) is 52.2 Å². The van der Waals surface area contributed by atoms with E-state index in [0.29, 0.717) is 12.2 Å². The Morgan fingerprint density at radius 1 is 1.37 bits per heavy atom. The number of hydrogen-bond acceptors (Lipinski definition) is 7. The fourth-order valence-corrected chi connectivity index (χ4v) is 2.00. The molecule has 9 nitrogen and oxygen atoms in total. The molecular weight excluding hydrogens is 354 g/mol. The molecule has 0 aromatic carbocycles. The van der Waals surface area contributed by atoms with Crippen LogP contribution in [0.5, 0.6) is 0 Å². The van der Waals surface area contributed by atoms with Gasteiger partial charge in [-0.15, -0.1) is 0 Å². The second kappa shape index (κ2) is 10.3. The normalized spacial score (nSPS) is 12.0. The number of aryl methyl sites for hydroxylation is 1. The Morgan fingerprint density at radius 2 is 2.07 bits per heavy atom. The zero-order valence-corrected chi connectivity index (χ0v) is 16.2. The quantitative estimate of drug-likeness (QED) is 0.493. The molecular formula is C18H27N3O6. The van der Waals surface area contributed by atoms with Crippen molar-refractivity contribution in [3.05, 3.63) is 30.2 Å². The predicted octanol–water partition coefficient (Wildman–Crippen LogP) is 1.65. The minimum atomic E-state index is -1.13. The molecule has 0 fully saturated rings. The highest BCUT2D eigenvalue weighted by molar-refractivity contribution is 5.89. The monoisotopic (exact) mass is 381 g/mol. The van der Waals surface area contributed by atoms with Gasteiger partial charge in [0.15, 0.2) is 0 Å². The Morgan fingerprint density at radius 3 is 2.63 bits per heavy atom. The number of nitrogens with one attached hydrogen (secondary N) is 2. The topological polar surface area (TPSA) is 120 Å². The van der Waals surface area contributed by atoms with Crippen LogP contribution >= 0.6 is 0 Å². The van der Waals surface area contributed by atoms with E-state index in [4.69, 9.17) is 14.0 Å². The molecule has 0 saturated carbocycles. The highest BCUT2D eigenvalue weighted by Gasteiger charge is 2.27. The highest BCUT2D eigenvalue weighted by Crippen LogP contribution is 2.08. The van der Waals surface area contributed by atoms with E-state index in [1.165, 1.54) is 6.08 Å². The van der Waals surface area contributed by atoms with Crippen LogP contribution in [0.15, 0.2) is 23.2 Å². The van der Waals surface area contributed by atoms with Gasteiger partial charge in [0, 0.05) is 19.0 Å². The summed E-state index contributed by atoms with van der Waals surface area (Å²) in [5.74, 6) is -0.556. The third-order valence-corrected chi connectivity index (χ3v) is 3.09. The molecule has 1 aromatic heterocycles. The molecule has 9 heteroatoms. The van der Waals surface area contributed by atoms with E-state index in [1.807, 2.05) is 0 Å². The summed E-state index contributed by atoms with van der Waals surface area (Å²) in [6, 6.07) is 0.628. The van der Waals surface area contributed by atoms with E-state index >= 15 is 0 Å². The van der Waals surface area contributed by atoms with Gasteiger partial charge in [-0.2, -0.15) is 0 Å². The molecule has 1 heterocycles. The minimum Gasteiger partial charge on any atom is -0.461 e. The molecule has 0 aliphatic heterocycles. The molecule has 0 spiro atoms. The number of nitrogens with zero attached hydrogens (tertiary/aromatic N) is 1. The van der Waals surface area contributed by atoms with E-state index in [0.717, 1.165) is 5.69 Å². The van der Waals surface area contributed by atoms with E-state index in [9.17, 15) is 14.4 Å². The van der Waals surface area contributed by atoms with Crippen LogP contribution in [-0.4, -0.2) is 47.9 Å². The Balaban J connectivity index is 2.63. The maximum absolute atomic E-state index is 12.4. The standard InChI is InChI=1S/C18H27N3O6/c1-6-9-25-15(22)11-14(20-17(24)26-18(3,4)5)16(23)19-8-7-13-10-12(2)21-27-13/h6,10,14H,1,7-9,11H2,2-5H3,(H,19,23)(H,20,24)/t14-/m0/s1. The largest absolute Gasteiger partial charge is 0.461 e. The Bertz CT molecular complexity index is 662. The van der Waals surface area contributed by atoms with Gasteiger partial charge in [0.1, 0.15) is 24.0 Å².